The highest BCUT2D eigenvalue weighted by Gasteiger charge is 2.27. The van der Waals surface area contributed by atoms with Crippen molar-refractivity contribution >= 4 is 40.3 Å². The number of imidazole rings is 1. The van der Waals surface area contributed by atoms with E-state index in [9.17, 15) is 18.0 Å². The largest absolute Gasteiger partial charge is 0.411 e. The molecule has 0 unspecified atom stereocenters. The number of anilines is 1. The van der Waals surface area contributed by atoms with Crippen molar-refractivity contribution in [3.63, 3.8) is 0 Å². The van der Waals surface area contributed by atoms with Gasteiger partial charge < -0.3 is 4.74 Å². The third-order valence-corrected chi connectivity index (χ3v) is 3.46. The molecule has 2 aromatic rings. The SMILES string of the molecule is O=C(CCOCC(F)(F)F)Nc1nc2ccc(Cl)nc2n1C1=CC=C1. The molecular weight excluding hydrogens is 361 g/mol. The van der Waals surface area contributed by atoms with Crippen molar-refractivity contribution in [2.75, 3.05) is 18.5 Å². The monoisotopic (exact) mass is 372 g/mol. The number of nitrogens with one attached hydrogen (secondary N) is 1. The summed E-state index contributed by atoms with van der Waals surface area (Å²) in [6, 6.07) is 3.23. The molecule has 0 bridgehead atoms. The Morgan fingerprint density at radius 2 is 2.08 bits per heavy atom. The van der Waals surface area contributed by atoms with Crippen LogP contribution in [-0.2, 0) is 9.53 Å². The number of hydrogen-bond donors (Lipinski definition) is 1. The van der Waals surface area contributed by atoms with Crippen LogP contribution in [0.5, 0.6) is 0 Å². The number of pyridine rings is 1. The first-order chi connectivity index (χ1) is 11.8. The molecular formula is C15H12ClF3N4O2. The first kappa shape index (κ1) is 17.4. The van der Waals surface area contributed by atoms with Crippen molar-refractivity contribution in [3.05, 3.63) is 35.5 Å². The Balaban J connectivity index is 1.71. The molecule has 2 aromatic heterocycles. The minimum atomic E-state index is -4.42. The Kier molecular flexibility index (Phi) is 4.78. The highest BCUT2D eigenvalue weighted by Crippen LogP contribution is 2.27. The van der Waals surface area contributed by atoms with E-state index in [4.69, 9.17) is 11.6 Å². The summed E-state index contributed by atoms with van der Waals surface area (Å²) in [4.78, 5) is 20.4. The predicted molar refractivity (Wildman–Crippen MR) is 86.1 cm³/mol. The lowest BCUT2D eigenvalue weighted by atomic mass is 10.2. The van der Waals surface area contributed by atoms with Crippen LogP contribution in [0.1, 0.15) is 6.42 Å². The molecule has 0 aromatic carbocycles. The van der Waals surface area contributed by atoms with E-state index in [1.165, 1.54) is 0 Å². The predicted octanol–water partition coefficient (Wildman–Crippen LogP) is 3.40. The summed E-state index contributed by atoms with van der Waals surface area (Å²) in [7, 11) is 0. The van der Waals surface area contributed by atoms with Crippen molar-refractivity contribution in [3.8, 4) is 0 Å². The Morgan fingerprint density at radius 1 is 1.32 bits per heavy atom. The molecule has 0 radical (unpaired) electrons. The molecule has 6 nitrogen and oxygen atoms in total. The molecule has 0 saturated heterocycles. The van der Waals surface area contributed by atoms with Gasteiger partial charge in [0.15, 0.2) is 5.65 Å². The first-order valence-electron chi connectivity index (χ1n) is 7.21. The van der Waals surface area contributed by atoms with E-state index >= 15 is 0 Å². The van der Waals surface area contributed by atoms with E-state index in [0.29, 0.717) is 11.2 Å². The minimum Gasteiger partial charge on any atom is -0.372 e. The van der Waals surface area contributed by atoms with Crippen molar-refractivity contribution in [1.29, 1.82) is 0 Å². The van der Waals surface area contributed by atoms with Gasteiger partial charge in [-0.1, -0.05) is 17.7 Å². The topological polar surface area (TPSA) is 69.0 Å². The Bertz CT molecular complexity index is 874. The van der Waals surface area contributed by atoms with E-state index in [1.807, 2.05) is 6.08 Å². The second-order valence-electron chi connectivity index (χ2n) is 5.16. The zero-order valence-corrected chi connectivity index (χ0v) is 13.4. The van der Waals surface area contributed by atoms with Crippen LogP contribution < -0.4 is 5.32 Å². The van der Waals surface area contributed by atoms with Crippen molar-refractivity contribution in [1.82, 2.24) is 14.5 Å². The van der Waals surface area contributed by atoms with Crippen LogP contribution >= 0.6 is 11.6 Å². The Morgan fingerprint density at radius 3 is 2.72 bits per heavy atom. The van der Waals surface area contributed by atoms with Crippen molar-refractivity contribution in [2.45, 2.75) is 12.6 Å². The standard InChI is InChI=1S/C15H12ClF3N4O2/c16-11-5-4-10-13(21-11)23(9-2-1-3-9)14(20-10)22-12(24)6-7-25-8-15(17,18)19/h1-5H,6-8H2,(H,20,22,24). The smallest absolute Gasteiger partial charge is 0.372 e. The molecule has 0 aliphatic heterocycles. The number of aromatic nitrogens is 3. The lowest BCUT2D eigenvalue weighted by Crippen LogP contribution is -2.21. The van der Waals surface area contributed by atoms with Crippen LogP contribution in [0, 0.1) is 0 Å². The number of carbonyl (C=O) groups is 1. The van der Waals surface area contributed by atoms with Crippen LogP contribution in [0.3, 0.4) is 0 Å². The number of halogens is 4. The van der Waals surface area contributed by atoms with E-state index in [2.05, 4.69) is 20.0 Å². The summed E-state index contributed by atoms with van der Waals surface area (Å²) in [6.07, 6.45) is 0.751. The lowest BCUT2D eigenvalue weighted by molar-refractivity contribution is -0.174. The summed E-state index contributed by atoms with van der Waals surface area (Å²) in [6.45, 7) is -1.74. The lowest BCUT2D eigenvalue weighted by Gasteiger charge is -2.13. The zero-order chi connectivity index (χ0) is 18.0. The van der Waals surface area contributed by atoms with Gasteiger partial charge in [-0.25, -0.2) is 9.97 Å². The Hall–Kier alpha value is -2.39. The van der Waals surface area contributed by atoms with Crippen LogP contribution in [0.25, 0.3) is 16.9 Å². The number of fused-ring (bicyclic) bond motifs is 1. The maximum Gasteiger partial charge on any atom is 0.411 e. The number of allylic oxidation sites excluding steroid dienone is 4. The fraction of sp³-hybridized carbons (Fsp3) is 0.267. The second kappa shape index (κ2) is 6.85. The molecule has 1 aliphatic rings. The molecule has 1 N–H and O–H groups in total. The average Bonchev–Trinajstić information content (AvgIpc) is 2.79. The number of hydrogen-bond acceptors (Lipinski definition) is 4. The zero-order valence-electron chi connectivity index (χ0n) is 12.7. The van der Waals surface area contributed by atoms with E-state index in [-0.39, 0.29) is 24.1 Å². The number of nitrogens with zero attached hydrogens (tertiary/aromatic N) is 3. The van der Waals surface area contributed by atoms with Gasteiger partial charge in [0.2, 0.25) is 11.9 Å². The second-order valence-corrected chi connectivity index (χ2v) is 5.55. The van der Waals surface area contributed by atoms with Gasteiger partial charge in [0.05, 0.1) is 18.7 Å². The summed E-state index contributed by atoms with van der Waals surface area (Å²) in [5, 5.41) is 2.83. The third-order valence-electron chi connectivity index (χ3n) is 3.25. The third kappa shape index (κ3) is 4.18. The fourth-order valence-electron chi connectivity index (χ4n) is 2.13. The molecule has 0 spiro atoms. The first-order valence-corrected chi connectivity index (χ1v) is 7.59. The van der Waals surface area contributed by atoms with E-state index < -0.39 is 18.7 Å². The number of rotatable bonds is 6. The molecule has 0 fully saturated rings. The maximum absolute atomic E-state index is 12.0. The van der Waals surface area contributed by atoms with E-state index in [1.54, 1.807) is 28.9 Å². The van der Waals surface area contributed by atoms with Gasteiger partial charge in [0.25, 0.3) is 0 Å². The molecule has 1 amide bonds. The quantitative estimate of drug-likeness (QED) is 0.623. The summed E-state index contributed by atoms with van der Waals surface area (Å²) >= 11 is 5.91. The van der Waals surface area contributed by atoms with Gasteiger partial charge in [0.1, 0.15) is 17.3 Å². The van der Waals surface area contributed by atoms with Crippen LogP contribution in [0.4, 0.5) is 19.1 Å². The molecule has 0 saturated carbocycles. The molecule has 10 heteroatoms. The van der Waals surface area contributed by atoms with Crippen LogP contribution in [-0.4, -0.2) is 39.8 Å². The van der Waals surface area contributed by atoms with Gasteiger partial charge in [-0.3, -0.25) is 14.7 Å². The number of amides is 1. The summed E-state index contributed by atoms with van der Waals surface area (Å²) < 4.78 is 42.0. The number of ether oxygens (including phenoxy) is 1. The summed E-state index contributed by atoms with van der Waals surface area (Å²) in [5.41, 5.74) is 1.74. The maximum atomic E-state index is 12.0. The number of alkyl halides is 3. The summed E-state index contributed by atoms with van der Waals surface area (Å²) in [5.74, 6) is -0.310. The average molecular weight is 373 g/mol. The molecule has 1 aliphatic carbocycles. The van der Waals surface area contributed by atoms with Gasteiger partial charge >= 0.3 is 6.18 Å². The minimum absolute atomic E-state index is 0.209. The van der Waals surface area contributed by atoms with Crippen LogP contribution in [0.15, 0.2) is 30.4 Å². The fourth-order valence-corrected chi connectivity index (χ4v) is 2.28. The molecule has 3 rings (SSSR count). The van der Waals surface area contributed by atoms with Gasteiger partial charge in [-0.05, 0) is 24.3 Å². The van der Waals surface area contributed by atoms with E-state index in [0.717, 1.165) is 5.70 Å². The molecule has 132 valence electrons. The highest BCUT2D eigenvalue weighted by molar-refractivity contribution is 6.29. The van der Waals surface area contributed by atoms with Crippen LogP contribution in [0.2, 0.25) is 5.15 Å². The Labute approximate surface area is 144 Å². The molecule has 25 heavy (non-hydrogen) atoms. The van der Waals surface area contributed by atoms with Gasteiger partial charge in [-0.2, -0.15) is 13.2 Å². The van der Waals surface area contributed by atoms with Crippen molar-refractivity contribution < 1.29 is 22.7 Å². The molecule has 0 atom stereocenters. The highest BCUT2D eigenvalue weighted by atomic mass is 35.5. The van der Waals surface area contributed by atoms with Gasteiger partial charge in [0, 0.05) is 0 Å². The van der Waals surface area contributed by atoms with Crippen molar-refractivity contribution in [2.24, 2.45) is 0 Å². The normalized spacial score (nSPS) is 13.7. The number of carbonyl (C=O) groups excluding carboxylic acids is 1. The molecule has 2 heterocycles. The van der Waals surface area contributed by atoms with Gasteiger partial charge in [-0.15, -0.1) is 0 Å².